The molecule has 1 aliphatic heterocycles. The molecule has 0 unspecified atom stereocenters. The predicted molar refractivity (Wildman–Crippen MR) is 99.3 cm³/mol. The molecule has 138 valence electrons. The van der Waals surface area contributed by atoms with E-state index in [0.717, 1.165) is 24.1 Å². The van der Waals surface area contributed by atoms with Crippen molar-refractivity contribution in [3.05, 3.63) is 54.1 Å². The van der Waals surface area contributed by atoms with Crippen LogP contribution in [0.2, 0.25) is 0 Å². The van der Waals surface area contributed by atoms with Crippen LogP contribution in [0.15, 0.2) is 43.0 Å². The van der Waals surface area contributed by atoms with Crippen LogP contribution in [0.1, 0.15) is 36.9 Å². The fourth-order valence-electron chi connectivity index (χ4n) is 3.73. The Hall–Kier alpha value is -2.63. The Bertz CT molecular complexity index is 757. The average molecular weight is 354 g/mol. The first-order chi connectivity index (χ1) is 12.6. The molecule has 1 aromatic heterocycles. The molecular formula is C20H26N4O2. The summed E-state index contributed by atoms with van der Waals surface area (Å²) in [6.07, 6.45) is 6.53. The zero-order valence-corrected chi connectivity index (χ0v) is 15.4. The van der Waals surface area contributed by atoms with E-state index in [1.165, 1.54) is 0 Å². The molecule has 0 aliphatic carbocycles. The summed E-state index contributed by atoms with van der Waals surface area (Å²) in [4.78, 5) is 31.1. The van der Waals surface area contributed by atoms with Crippen molar-refractivity contribution in [1.82, 2.24) is 19.8 Å². The van der Waals surface area contributed by atoms with Gasteiger partial charge in [-0.25, -0.2) is 4.98 Å². The second-order valence-electron chi connectivity index (χ2n) is 6.74. The number of nitrogens with zero attached hydrogens (tertiary/aromatic N) is 3. The molecule has 6 nitrogen and oxygen atoms in total. The molecule has 2 aromatic rings. The van der Waals surface area contributed by atoms with Crippen LogP contribution in [-0.4, -0.2) is 39.4 Å². The van der Waals surface area contributed by atoms with Crippen molar-refractivity contribution in [1.29, 1.82) is 0 Å². The van der Waals surface area contributed by atoms with Crippen LogP contribution in [-0.2, 0) is 16.1 Å². The molecular weight excluding hydrogens is 328 g/mol. The number of amides is 2. The van der Waals surface area contributed by atoms with Crippen LogP contribution in [0.4, 0.5) is 0 Å². The van der Waals surface area contributed by atoms with E-state index >= 15 is 0 Å². The second-order valence-corrected chi connectivity index (χ2v) is 6.74. The number of imidazole rings is 1. The largest absolute Gasteiger partial charge is 0.356 e. The number of rotatable bonds is 7. The van der Waals surface area contributed by atoms with E-state index in [2.05, 4.69) is 10.3 Å². The number of benzene rings is 1. The molecule has 2 atom stereocenters. The summed E-state index contributed by atoms with van der Waals surface area (Å²) in [5.41, 5.74) is 2.18. The Balaban J connectivity index is 1.67. The zero-order valence-electron chi connectivity index (χ0n) is 15.4. The first kappa shape index (κ1) is 18.2. The number of aryl methyl sites for hydroxylation is 2. The highest BCUT2D eigenvalue weighted by Crippen LogP contribution is 2.39. The van der Waals surface area contributed by atoms with E-state index in [0.29, 0.717) is 13.1 Å². The van der Waals surface area contributed by atoms with Crippen molar-refractivity contribution in [2.75, 3.05) is 13.1 Å². The van der Waals surface area contributed by atoms with Gasteiger partial charge in [-0.3, -0.25) is 9.59 Å². The summed E-state index contributed by atoms with van der Waals surface area (Å²) in [7, 11) is 0. The van der Waals surface area contributed by atoms with Gasteiger partial charge in [0.25, 0.3) is 0 Å². The summed E-state index contributed by atoms with van der Waals surface area (Å²) < 4.78 is 1.99. The molecule has 0 bridgehead atoms. The third kappa shape index (κ3) is 3.79. The molecule has 6 heteroatoms. The molecule has 2 amide bonds. The van der Waals surface area contributed by atoms with E-state index in [9.17, 15) is 9.59 Å². The average Bonchev–Trinajstić information content (AvgIpc) is 3.26. The molecule has 1 fully saturated rings. The Kier molecular flexibility index (Phi) is 5.71. The van der Waals surface area contributed by atoms with Crippen molar-refractivity contribution >= 4 is 11.8 Å². The minimum absolute atomic E-state index is 0.0341. The monoisotopic (exact) mass is 354 g/mol. The SMILES string of the molecule is CCN1C(=O)C[C@@H](C(=O)NCCCn2ccnc2)[C@@H]1c1ccccc1C. The van der Waals surface area contributed by atoms with Gasteiger partial charge in [-0.2, -0.15) is 0 Å². The minimum atomic E-state index is -0.336. The second kappa shape index (κ2) is 8.17. The standard InChI is InChI=1S/C20H26N4O2/c1-3-24-18(25)13-17(19(24)16-8-5-4-7-15(16)2)20(26)22-9-6-11-23-12-10-21-14-23/h4-5,7-8,10,12,14,17,19H,3,6,9,11,13H2,1-2H3,(H,22,26)/t17-,19+/m1/s1. The molecule has 0 spiro atoms. The lowest BCUT2D eigenvalue weighted by Gasteiger charge is -2.28. The zero-order chi connectivity index (χ0) is 18.5. The van der Waals surface area contributed by atoms with E-state index in [-0.39, 0.29) is 30.2 Å². The highest BCUT2D eigenvalue weighted by atomic mass is 16.2. The highest BCUT2D eigenvalue weighted by molar-refractivity contribution is 5.90. The van der Waals surface area contributed by atoms with Gasteiger partial charge in [0, 0.05) is 38.4 Å². The fraction of sp³-hybridized carbons (Fsp3) is 0.450. The number of carbonyl (C=O) groups excluding carboxylic acids is 2. The van der Waals surface area contributed by atoms with Gasteiger partial charge >= 0.3 is 0 Å². The maximum atomic E-state index is 12.8. The van der Waals surface area contributed by atoms with Crippen LogP contribution < -0.4 is 5.32 Å². The van der Waals surface area contributed by atoms with Gasteiger partial charge in [-0.15, -0.1) is 0 Å². The summed E-state index contributed by atoms with van der Waals surface area (Å²) in [5.74, 6) is -0.315. The summed E-state index contributed by atoms with van der Waals surface area (Å²) in [6.45, 7) is 6.02. The maximum absolute atomic E-state index is 12.8. The first-order valence-electron chi connectivity index (χ1n) is 9.20. The summed E-state index contributed by atoms with van der Waals surface area (Å²) in [6, 6.07) is 7.84. The van der Waals surface area contributed by atoms with Gasteiger partial charge < -0.3 is 14.8 Å². The van der Waals surface area contributed by atoms with Crippen molar-refractivity contribution < 1.29 is 9.59 Å². The number of hydrogen-bond acceptors (Lipinski definition) is 3. The number of nitrogens with one attached hydrogen (secondary N) is 1. The van der Waals surface area contributed by atoms with Crippen LogP contribution in [0, 0.1) is 12.8 Å². The third-order valence-corrected chi connectivity index (χ3v) is 5.07. The number of carbonyl (C=O) groups is 2. The van der Waals surface area contributed by atoms with Crippen LogP contribution in [0.3, 0.4) is 0 Å². The van der Waals surface area contributed by atoms with E-state index < -0.39 is 0 Å². The molecule has 3 rings (SSSR count). The molecule has 26 heavy (non-hydrogen) atoms. The molecule has 1 aliphatic rings. The molecule has 1 saturated heterocycles. The number of hydrogen-bond donors (Lipinski definition) is 1. The highest BCUT2D eigenvalue weighted by Gasteiger charge is 2.44. The van der Waals surface area contributed by atoms with E-state index in [4.69, 9.17) is 0 Å². The predicted octanol–water partition coefficient (Wildman–Crippen LogP) is 2.31. The lowest BCUT2D eigenvalue weighted by molar-refractivity contribution is -0.129. The third-order valence-electron chi connectivity index (χ3n) is 5.07. The van der Waals surface area contributed by atoms with E-state index in [1.54, 1.807) is 12.5 Å². The Morgan fingerprint density at radius 1 is 1.35 bits per heavy atom. The normalized spacial score (nSPS) is 19.8. The fourth-order valence-corrected chi connectivity index (χ4v) is 3.73. The van der Waals surface area contributed by atoms with Crippen LogP contribution in [0.25, 0.3) is 0 Å². The maximum Gasteiger partial charge on any atom is 0.226 e. The van der Waals surface area contributed by atoms with Crippen molar-refractivity contribution in [2.45, 2.75) is 39.3 Å². The topological polar surface area (TPSA) is 67.2 Å². The molecule has 0 radical (unpaired) electrons. The van der Waals surface area contributed by atoms with Gasteiger partial charge in [0.1, 0.15) is 0 Å². The van der Waals surface area contributed by atoms with Gasteiger partial charge in [0.05, 0.1) is 18.3 Å². The molecule has 1 aromatic carbocycles. The Labute approximate surface area is 154 Å². The van der Waals surface area contributed by atoms with Crippen molar-refractivity contribution in [2.24, 2.45) is 5.92 Å². The van der Waals surface area contributed by atoms with Gasteiger partial charge in [0.2, 0.25) is 11.8 Å². The summed E-state index contributed by atoms with van der Waals surface area (Å²) in [5, 5.41) is 3.02. The minimum Gasteiger partial charge on any atom is -0.356 e. The lowest BCUT2D eigenvalue weighted by atomic mass is 9.90. The van der Waals surface area contributed by atoms with Gasteiger partial charge in [0.15, 0.2) is 0 Å². The van der Waals surface area contributed by atoms with Crippen LogP contribution >= 0.6 is 0 Å². The van der Waals surface area contributed by atoms with Crippen molar-refractivity contribution in [3.63, 3.8) is 0 Å². The first-order valence-corrected chi connectivity index (χ1v) is 9.20. The van der Waals surface area contributed by atoms with Crippen LogP contribution in [0.5, 0.6) is 0 Å². The summed E-state index contributed by atoms with van der Waals surface area (Å²) >= 11 is 0. The van der Waals surface area contributed by atoms with Gasteiger partial charge in [-0.05, 0) is 31.4 Å². The van der Waals surface area contributed by atoms with Crippen molar-refractivity contribution in [3.8, 4) is 0 Å². The quantitative estimate of drug-likeness (QED) is 0.776. The Morgan fingerprint density at radius 2 is 2.15 bits per heavy atom. The van der Waals surface area contributed by atoms with Gasteiger partial charge in [-0.1, -0.05) is 24.3 Å². The smallest absolute Gasteiger partial charge is 0.226 e. The number of likely N-dealkylation sites (tertiary alicyclic amines) is 1. The van der Waals surface area contributed by atoms with E-state index in [1.807, 2.05) is 53.8 Å². The molecule has 0 saturated carbocycles. The Morgan fingerprint density at radius 3 is 2.85 bits per heavy atom. The molecule has 2 heterocycles. The number of aromatic nitrogens is 2. The lowest BCUT2D eigenvalue weighted by Crippen LogP contribution is -2.36. The molecule has 1 N–H and O–H groups in total.